The molecule has 0 aliphatic heterocycles. The third kappa shape index (κ3) is 4.70. The summed E-state index contributed by atoms with van der Waals surface area (Å²) in [5.41, 5.74) is 0. The Morgan fingerprint density at radius 3 is 2.58 bits per heavy atom. The predicted octanol–water partition coefficient (Wildman–Crippen LogP) is 1.21. The molecule has 19 heavy (non-hydrogen) atoms. The number of hydrogen-bond acceptors (Lipinski definition) is 3. The zero-order valence-electron chi connectivity index (χ0n) is 11.8. The second-order valence-electron chi connectivity index (χ2n) is 5.35. The molecule has 0 bridgehead atoms. The van der Waals surface area contributed by atoms with Crippen LogP contribution in [0.1, 0.15) is 33.1 Å². The van der Waals surface area contributed by atoms with Crippen molar-refractivity contribution < 1.29 is 19.4 Å². The number of rotatable bonds is 6. The van der Waals surface area contributed by atoms with Crippen LogP contribution in [0.25, 0.3) is 0 Å². The van der Waals surface area contributed by atoms with Gasteiger partial charge in [-0.15, -0.1) is 0 Å². The van der Waals surface area contributed by atoms with Gasteiger partial charge in [-0.3, -0.25) is 4.79 Å². The molecule has 1 fully saturated rings. The number of carboxylic acid groups (broad SMARTS) is 1. The highest BCUT2D eigenvalue weighted by Crippen LogP contribution is 2.21. The molecule has 3 N–H and O–H groups in total. The Kier molecular flexibility index (Phi) is 6.08. The molecule has 1 rings (SSSR count). The zero-order chi connectivity index (χ0) is 14.4. The second-order valence-corrected chi connectivity index (χ2v) is 5.35. The molecule has 3 unspecified atom stereocenters. The number of urea groups is 1. The lowest BCUT2D eigenvalue weighted by Crippen LogP contribution is -2.48. The van der Waals surface area contributed by atoms with Crippen LogP contribution >= 0.6 is 0 Å². The number of carbonyl (C=O) groups excluding carboxylic acids is 1. The van der Waals surface area contributed by atoms with Crippen LogP contribution in [0, 0.1) is 11.8 Å². The van der Waals surface area contributed by atoms with Crippen LogP contribution in [0.4, 0.5) is 4.79 Å². The molecule has 0 radical (unpaired) electrons. The summed E-state index contributed by atoms with van der Waals surface area (Å²) < 4.78 is 5.29. The number of aliphatic carboxylic acids is 1. The van der Waals surface area contributed by atoms with Crippen molar-refractivity contribution in [3.63, 3.8) is 0 Å². The summed E-state index contributed by atoms with van der Waals surface area (Å²) in [6.45, 7) is 3.80. The van der Waals surface area contributed by atoms with Crippen molar-refractivity contribution in [3.8, 4) is 0 Å². The first-order chi connectivity index (χ1) is 8.95. The van der Waals surface area contributed by atoms with Crippen molar-refractivity contribution in [1.29, 1.82) is 0 Å². The van der Waals surface area contributed by atoms with E-state index in [2.05, 4.69) is 10.6 Å². The fourth-order valence-electron chi connectivity index (χ4n) is 2.40. The molecule has 6 nitrogen and oxygen atoms in total. The molecule has 0 aromatic heterocycles. The number of ether oxygens (including phenoxy) is 1. The van der Waals surface area contributed by atoms with Gasteiger partial charge in [-0.1, -0.05) is 13.8 Å². The van der Waals surface area contributed by atoms with E-state index in [1.54, 1.807) is 7.11 Å². The fourth-order valence-corrected chi connectivity index (χ4v) is 2.40. The molecule has 2 amide bonds. The molecular weight excluding hydrogens is 248 g/mol. The van der Waals surface area contributed by atoms with Crippen LogP contribution in [-0.4, -0.2) is 42.9 Å². The highest BCUT2D eigenvalue weighted by molar-refractivity contribution is 5.76. The zero-order valence-corrected chi connectivity index (χ0v) is 11.8. The van der Waals surface area contributed by atoms with Gasteiger partial charge in [0.05, 0.1) is 18.1 Å². The maximum Gasteiger partial charge on any atom is 0.315 e. The lowest BCUT2D eigenvalue weighted by atomic mass is 9.96. The van der Waals surface area contributed by atoms with Crippen LogP contribution in [0.2, 0.25) is 0 Å². The number of nitrogens with one attached hydrogen (secondary N) is 2. The minimum absolute atomic E-state index is 0.0176. The molecule has 0 saturated heterocycles. The van der Waals surface area contributed by atoms with Crippen molar-refractivity contribution in [2.75, 3.05) is 13.7 Å². The van der Waals surface area contributed by atoms with Crippen molar-refractivity contribution in [2.24, 2.45) is 11.8 Å². The van der Waals surface area contributed by atoms with Crippen LogP contribution in [0.3, 0.4) is 0 Å². The number of amides is 2. The smallest absolute Gasteiger partial charge is 0.315 e. The van der Waals surface area contributed by atoms with E-state index >= 15 is 0 Å². The molecule has 1 aliphatic carbocycles. The minimum Gasteiger partial charge on any atom is -0.481 e. The second kappa shape index (κ2) is 7.33. The molecule has 3 atom stereocenters. The average molecular weight is 272 g/mol. The Bertz CT molecular complexity index is 320. The molecule has 0 aromatic carbocycles. The molecule has 6 heteroatoms. The Morgan fingerprint density at radius 2 is 2.05 bits per heavy atom. The Morgan fingerprint density at radius 1 is 1.37 bits per heavy atom. The monoisotopic (exact) mass is 272 g/mol. The van der Waals surface area contributed by atoms with E-state index < -0.39 is 11.9 Å². The minimum atomic E-state index is -0.883. The molecule has 0 heterocycles. The van der Waals surface area contributed by atoms with Gasteiger partial charge < -0.3 is 20.5 Å². The van der Waals surface area contributed by atoms with Crippen LogP contribution in [-0.2, 0) is 9.53 Å². The van der Waals surface area contributed by atoms with Gasteiger partial charge in [-0.05, 0) is 25.2 Å². The Hall–Kier alpha value is -1.30. The molecule has 110 valence electrons. The standard InChI is InChI=1S/C13H24N2O4/c1-8(2)9(12(16)17)7-14-13(18)15-10-5-4-6-11(10)19-3/h8-11H,4-7H2,1-3H3,(H,16,17)(H2,14,15,18). The number of hydrogen-bond donors (Lipinski definition) is 3. The van der Waals surface area contributed by atoms with E-state index in [0.29, 0.717) is 0 Å². The maximum absolute atomic E-state index is 11.7. The first-order valence-corrected chi connectivity index (χ1v) is 6.75. The van der Waals surface area contributed by atoms with Gasteiger partial charge in [0.15, 0.2) is 0 Å². The summed E-state index contributed by atoms with van der Waals surface area (Å²) in [7, 11) is 1.64. The molecule has 1 aliphatic rings. The van der Waals surface area contributed by atoms with Crippen LogP contribution < -0.4 is 10.6 Å². The largest absolute Gasteiger partial charge is 0.481 e. The van der Waals surface area contributed by atoms with Gasteiger partial charge in [0.25, 0.3) is 0 Å². The Balaban J connectivity index is 2.36. The molecular formula is C13H24N2O4. The van der Waals surface area contributed by atoms with E-state index in [9.17, 15) is 9.59 Å². The number of carbonyl (C=O) groups is 2. The fraction of sp³-hybridized carbons (Fsp3) is 0.846. The normalized spacial score (nSPS) is 24.2. The highest BCUT2D eigenvalue weighted by Gasteiger charge is 2.29. The van der Waals surface area contributed by atoms with Crippen molar-refractivity contribution in [1.82, 2.24) is 10.6 Å². The maximum atomic E-state index is 11.7. The van der Waals surface area contributed by atoms with Gasteiger partial charge in [-0.25, -0.2) is 4.79 Å². The first kappa shape index (κ1) is 15.8. The SMILES string of the molecule is COC1CCCC1NC(=O)NCC(C(=O)O)C(C)C. The molecule has 0 aromatic rings. The van der Waals surface area contributed by atoms with E-state index in [0.717, 1.165) is 19.3 Å². The van der Waals surface area contributed by atoms with Gasteiger partial charge >= 0.3 is 12.0 Å². The van der Waals surface area contributed by atoms with Crippen molar-refractivity contribution in [3.05, 3.63) is 0 Å². The van der Waals surface area contributed by atoms with Gasteiger partial charge in [0.1, 0.15) is 0 Å². The van der Waals surface area contributed by atoms with Crippen molar-refractivity contribution >= 4 is 12.0 Å². The predicted molar refractivity (Wildman–Crippen MR) is 70.9 cm³/mol. The summed E-state index contributed by atoms with van der Waals surface area (Å²) in [6.07, 6.45) is 2.95. The molecule has 0 spiro atoms. The van der Waals surface area contributed by atoms with Crippen LogP contribution in [0.5, 0.6) is 0 Å². The lowest BCUT2D eigenvalue weighted by molar-refractivity contribution is -0.142. The topological polar surface area (TPSA) is 87.7 Å². The van der Waals surface area contributed by atoms with E-state index in [4.69, 9.17) is 9.84 Å². The summed E-state index contributed by atoms with van der Waals surface area (Å²) in [4.78, 5) is 22.7. The van der Waals surface area contributed by atoms with Crippen LogP contribution in [0.15, 0.2) is 0 Å². The lowest BCUT2D eigenvalue weighted by Gasteiger charge is -2.21. The average Bonchev–Trinajstić information content (AvgIpc) is 2.75. The third-order valence-electron chi connectivity index (χ3n) is 3.68. The highest BCUT2D eigenvalue weighted by atomic mass is 16.5. The van der Waals surface area contributed by atoms with Crippen molar-refractivity contribution in [2.45, 2.75) is 45.3 Å². The molecule has 1 saturated carbocycles. The third-order valence-corrected chi connectivity index (χ3v) is 3.68. The van der Waals surface area contributed by atoms with E-state index in [1.807, 2.05) is 13.8 Å². The van der Waals surface area contributed by atoms with E-state index in [-0.39, 0.29) is 30.6 Å². The first-order valence-electron chi connectivity index (χ1n) is 6.75. The van der Waals surface area contributed by atoms with Gasteiger partial charge in [0.2, 0.25) is 0 Å². The summed E-state index contributed by atoms with van der Waals surface area (Å²) in [6, 6.07) is -0.298. The summed E-state index contributed by atoms with van der Waals surface area (Å²) in [5, 5.41) is 14.5. The number of carboxylic acids is 1. The quantitative estimate of drug-likeness (QED) is 0.678. The van der Waals surface area contributed by atoms with E-state index in [1.165, 1.54) is 0 Å². The summed E-state index contributed by atoms with van der Waals surface area (Å²) >= 11 is 0. The summed E-state index contributed by atoms with van der Waals surface area (Å²) in [5.74, 6) is -1.46. The van der Waals surface area contributed by atoms with Gasteiger partial charge in [0, 0.05) is 13.7 Å². The number of methoxy groups -OCH3 is 1. The Labute approximate surface area is 113 Å². The van der Waals surface area contributed by atoms with Gasteiger partial charge in [-0.2, -0.15) is 0 Å².